The first-order chi connectivity index (χ1) is 9.33. The molecule has 0 fully saturated rings. The maximum Gasteiger partial charge on any atom is 0.165 e. The zero-order chi connectivity index (χ0) is 13.9. The maximum absolute atomic E-state index is 8.84. The Morgan fingerprint density at radius 1 is 1.21 bits per heavy atom. The van der Waals surface area contributed by atoms with E-state index in [1.807, 2.05) is 25.1 Å². The summed E-state index contributed by atoms with van der Waals surface area (Å²) >= 11 is 0. The van der Waals surface area contributed by atoms with Crippen molar-refractivity contribution in [2.75, 3.05) is 26.4 Å². The van der Waals surface area contributed by atoms with Crippen LogP contribution in [0.1, 0.15) is 32.3 Å². The molecule has 0 atom stereocenters. The Morgan fingerprint density at radius 2 is 2.05 bits per heavy atom. The van der Waals surface area contributed by atoms with Crippen molar-refractivity contribution in [3.63, 3.8) is 0 Å². The summed E-state index contributed by atoms with van der Waals surface area (Å²) < 4.78 is 11.4. The lowest BCUT2D eigenvalue weighted by Crippen LogP contribution is -2.15. The van der Waals surface area contributed by atoms with Crippen LogP contribution in [0, 0.1) is 0 Å². The van der Waals surface area contributed by atoms with Gasteiger partial charge in [0.25, 0.3) is 0 Å². The van der Waals surface area contributed by atoms with Gasteiger partial charge >= 0.3 is 0 Å². The highest BCUT2D eigenvalue weighted by Gasteiger charge is 2.10. The number of hydrogen-bond acceptors (Lipinski definition) is 4. The lowest BCUT2D eigenvalue weighted by atomic mass is 10.2. The van der Waals surface area contributed by atoms with E-state index in [0.29, 0.717) is 19.6 Å². The average Bonchev–Trinajstić information content (AvgIpc) is 2.42. The van der Waals surface area contributed by atoms with Gasteiger partial charge in [0.1, 0.15) is 0 Å². The van der Waals surface area contributed by atoms with E-state index in [2.05, 4.69) is 12.2 Å². The molecule has 0 bridgehead atoms. The molecule has 4 nitrogen and oxygen atoms in total. The van der Waals surface area contributed by atoms with Crippen LogP contribution < -0.4 is 14.8 Å². The van der Waals surface area contributed by atoms with E-state index < -0.39 is 0 Å². The summed E-state index contributed by atoms with van der Waals surface area (Å²) in [6.07, 6.45) is 1.73. The zero-order valence-electron chi connectivity index (χ0n) is 11.9. The third kappa shape index (κ3) is 5.49. The lowest BCUT2D eigenvalue weighted by molar-refractivity contribution is 0.223. The van der Waals surface area contributed by atoms with Gasteiger partial charge in [-0.3, -0.25) is 0 Å². The molecule has 4 heteroatoms. The van der Waals surface area contributed by atoms with Gasteiger partial charge in [0.05, 0.1) is 13.2 Å². The Balaban J connectivity index is 2.77. The van der Waals surface area contributed by atoms with Crippen molar-refractivity contribution in [1.29, 1.82) is 0 Å². The molecule has 1 rings (SSSR count). The predicted octanol–water partition coefficient (Wildman–Crippen LogP) is 2.35. The van der Waals surface area contributed by atoms with Crippen LogP contribution in [-0.2, 0) is 6.54 Å². The number of ether oxygens (including phenoxy) is 2. The Bertz CT molecular complexity index is 355. The molecular weight excluding hydrogens is 242 g/mol. The molecule has 1 aromatic rings. The van der Waals surface area contributed by atoms with Crippen molar-refractivity contribution in [3.05, 3.63) is 23.8 Å². The van der Waals surface area contributed by atoms with Crippen LogP contribution in [0.4, 0.5) is 0 Å². The Morgan fingerprint density at radius 3 is 2.74 bits per heavy atom. The zero-order valence-corrected chi connectivity index (χ0v) is 11.9. The van der Waals surface area contributed by atoms with Gasteiger partial charge in [0, 0.05) is 25.1 Å². The number of aliphatic hydroxyl groups is 1. The van der Waals surface area contributed by atoms with Gasteiger partial charge in [-0.25, -0.2) is 0 Å². The first-order valence-electron chi connectivity index (χ1n) is 7.02. The van der Waals surface area contributed by atoms with Gasteiger partial charge in [0.2, 0.25) is 0 Å². The number of rotatable bonds is 10. The number of hydrogen-bond donors (Lipinski definition) is 2. The fourth-order valence-electron chi connectivity index (χ4n) is 1.77. The maximum atomic E-state index is 8.84. The van der Waals surface area contributed by atoms with E-state index in [9.17, 15) is 0 Å². The summed E-state index contributed by atoms with van der Waals surface area (Å²) in [6, 6.07) is 5.94. The number of benzene rings is 1. The van der Waals surface area contributed by atoms with Gasteiger partial charge in [0.15, 0.2) is 11.5 Å². The first-order valence-corrected chi connectivity index (χ1v) is 7.02. The Hall–Kier alpha value is -1.26. The quantitative estimate of drug-likeness (QED) is 0.639. The van der Waals surface area contributed by atoms with Crippen LogP contribution in [0.2, 0.25) is 0 Å². The Labute approximate surface area is 115 Å². The molecule has 0 saturated heterocycles. The second-order valence-electron chi connectivity index (χ2n) is 4.28. The minimum absolute atomic E-state index is 0.139. The van der Waals surface area contributed by atoms with Crippen molar-refractivity contribution in [2.45, 2.75) is 33.2 Å². The van der Waals surface area contributed by atoms with Gasteiger partial charge < -0.3 is 19.9 Å². The highest BCUT2D eigenvalue weighted by atomic mass is 16.5. The molecule has 0 saturated carbocycles. The monoisotopic (exact) mass is 267 g/mol. The van der Waals surface area contributed by atoms with Gasteiger partial charge in [-0.2, -0.15) is 0 Å². The van der Waals surface area contributed by atoms with E-state index in [4.69, 9.17) is 14.6 Å². The molecule has 0 unspecified atom stereocenters. The second kappa shape index (κ2) is 9.64. The summed E-state index contributed by atoms with van der Waals surface area (Å²) in [7, 11) is 0. The highest BCUT2D eigenvalue weighted by Crippen LogP contribution is 2.31. The van der Waals surface area contributed by atoms with Crippen LogP contribution in [0.3, 0.4) is 0 Å². The average molecular weight is 267 g/mol. The predicted molar refractivity (Wildman–Crippen MR) is 76.8 cm³/mol. The highest BCUT2D eigenvalue weighted by molar-refractivity contribution is 5.46. The third-order valence-electron chi connectivity index (χ3n) is 2.65. The summed E-state index contributed by atoms with van der Waals surface area (Å²) in [5.41, 5.74) is 1.09. The minimum Gasteiger partial charge on any atom is -0.490 e. The molecule has 2 N–H and O–H groups in total. The van der Waals surface area contributed by atoms with E-state index in [1.165, 1.54) is 0 Å². The molecule has 1 aromatic carbocycles. The number of aliphatic hydroxyl groups excluding tert-OH is 1. The van der Waals surface area contributed by atoms with Crippen molar-refractivity contribution >= 4 is 0 Å². The standard InChI is InChI=1S/C15H25NO3/c1-3-9-16-12-13-7-5-8-14(18-4-2)15(13)19-11-6-10-17/h5,7-8,16-17H,3-4,6,9-12H2,1-2H3. The van der Waals surface area contributed by atoms with Crippen molar-refractivity contribution in [1.82, 2.24) is 5.32 Å². The van der Waals surface area contributed by atoms with Gasteiger partial charge in [-0.05, 0) is 26.0 Å². The topological polar surface area (TPSA) is 50.7 Å². The largest absolute Gasteiger partial charge is 0.490 e. The summed E-state index contributed by atoms with van der Waals surface area (Å²) in [5.74, 6) is 1.57. The normalized spacial score (nSPS) is 10.5. The molecule has 0 spiro atoms. The third-order valence-corrected chi connectivity index (χ3v) is 2.65. The molecule has 0 heterocycles. The van der Waals surface area contributed by atoms with Crippen molar-refractivity contribution < 1.29 is 14.6 Å². The fourth-order valence-corrected chi connectivity index (χ4v) is 1.77. The number of nitrogens with one attached hydrogen (secondary N) is 1. The SMILES string of the molecule is CCCNCc1cccc(OCC)c1OCCCO. The Kier molecular flexibility index (Phi) is 8.02. The first kappa shape index (κ1) is 15.8. The fraction of sp³-hybridized carbons (Fsp3) is 0.600. The summed E-state index contributed by atoms with van der Waals surface area (Å²) in [5, 5.41) is 12.2. The van der Waals surface area contributed by atoms with E-state index in [-0.39, 0.29) is 6.61 Å². The molecule has 0 amide bonds. The molecule has 0 aromatic heterocycles. The molecule has 0 aliphatic carbocycles. The second-order valence-corrected chi connectivity index (χ2v) is 4.28. The molecule has 0 aliphatic rings. The summed E-state index contributed by atoms with van der Waals surface area (Å²) in [6.45, 7) is 7.10. The molecule has 108 valence electrons. The van der Waals surface area contributed by atoms with Crippen LogP contribution in [0.5, 0.6) is 11.5 Å². The van der Waals surface area contributed by atoms with Gasteiger partial charge in [-0.1, -0.05) is 19.1 Å². The van der Waals surface area contributed by atoms with E-state index in [1.54, 1.807) is 0 Å². The molecular formula is C15H25NO3. The molecule has 0 aliphatic heterocycles. The molecule has 0 radical (unpaired) electrons. The number of para-hydroxylation sites is 1. The molecule has 19 heavy (non-hydrogen) atoms. The van der Waals surface area contributed by atoms with Crippen LogP contribution >= 0.6 is 0 Å². The lowest BCUT2D eigenvalue weighted by Gasteiger charge is -2.16. The summed E-state index contributed by atoms with van der Waals surface area (Å²) in [4.78, 5) is 0. The van der Waals surface area contributed by atoms with Gasteiger partial charge in [-0.15, -0.1) is 0 Å². The smallest absolute Gasteiger partial charge is 0.165 e. The van der Waals surface area contributed by atoms with Crippen LogP contribution in [0.25, 0.3) is 0 Å². The van der Waals surface area contributed by atoms with Crippen LogP contribution in [-0.4, -0.2) is 31.5 Å². The van der Waals surface area contributed by atoms with E-state index in [0.717, 1.165) is 36.6 Å². The van der Waals surface area contributed by atoms with E-state index >= 15 is 0 Å². The van der Waals surface area contributed by atoms with Crippen molar-refractivity contribution in [2.24, 2.45) is 0 Å². The van der Waals surface area contributed by atoms with Crippen LogP contribution in [0.15, 0.2) is 18.2 Å². The van der Waals surface area contributed by atoms with Crippen molar-refractivity contribution in [3.8, 4) is 11.5 Å². The minimum atomic E-state index is 0.139.